The lowest BCUT2D eigenvalue weighted by Crippen LogP contribution is -2.54. The van der Waals surface area contributed by atoms with Crippen molar-refractivity contribution in [2.75, 3.05) is 26.2 Å². The zero-order valence-corrected chi connectivity index (χ0v) is 18.4. The highest BCUT2D eigenvalue weighted by atomic mass is 16.3. The molecule has 1 aliphatic rings. The van der Waals surface area contributed by atoms with E-state index >= 15 is 0 Å². The number of benzene rings is 1. The summed E-state index contributed by atoms with van der Waals surface area (Å²) in [4.78, 5) is 26.5. The second kappa shape index (κ2) is 7.20. The molecule has 0 bridgehead atoms. The monoisotopic (exact) mass is 417 g/mol. The van der Waals surface area contributed by atoms with Gasteiger partial charge in [-0.05, 0) is 56.2 Å². The molecule has 0 saturated carbocycles. The highest BCUT2D eigenvalue weighted by Gasteiger charge is 2.29. The first-order valence-corrected chi connectivity index (χ1v) is 10.7. The number of aryl methyl sites for hydroxylation is 1. The summed E-state index contributed by atoms with van der Waals surface area (Å²) in [6.07, 6.45) is 3.66. The third-order valence-electron chi connectivity index (χ3n) is 6.07. The molecule has 0 unspecified atom stereocenters. The summed E-state index contributed by atoms with van der Waals surface area (Å²) in [6.45, 7) is 11.7. The van der Waals surface area contributed by atoms with Gasteiger partial charge < -0.3 is 9.32 Å². The molecule has 0 aliphatic carbocycles. The van der Waals surface area contributed by atoms with Gasteiger partial charge in [-0.2, -0.15) is 0 Å². The largest absolute Gasteiger partial charge is 0.441 e. The predicted octanol–water partition coefficient (Wildman–Crippen LogP) is 4.01. The van der Waals surface area contributed by atoms with Crippen LogP contribution in [-0.4, -0.2) is 61.8 Å². The van der Waals surface area contributed by atoms with Crippen molar-refractivity contribution in [2.24, 2.45) is 0 Å². The van der Waals surface area contributed by atoms with Gasteiger partial charge in [0.25, 0.3) is 5.91 Å². The summed E-state index contributed by atoms with van der Waals surface area (Å²) < 4.78 is 7.48. The topological polar surface area (TPSA) is 66.9 Å². The van der Waals surface area contributed by atoms with Crippen molar-refractivity contribution in [3.8, 4) is 11.1 Å². The van der Waals surface area contributed by atoms with E-state index in [1.807, 2.05) is 52.8 Å². The molecule has 0 N–H and O–H groups in total. The van der Waals surface area contributed by atoms with E-state index in [0.717, 1.165) is 54.1 Å². The number of hydrogen-bond acceptors (Lipinski definition) is 5. The molecular weight excluding hydrogens is 390 g/mol. The number of oxazole rings is 1. The summed E-state index contributed by atoms with van der Waals surface area (Å²) >= 11 is 0. The maximum Gasteiger partial charge on any atom is 0.272 e. The fourth-order valence-electron chi connectivity index (χ4n) is 4.27. The first kappa shape index (κ1) is 19.8. The number of carbonyl (C=O) groups is 1. The zero-order chi connectivity index (χ0) is 21.8. The van der Waals surface area contributed by atoms with E-state index in [9.17, 15) is 4.79 Å². The number of imidazole rings is 1. The Morgan fingerprint density at radius 3 is 2.52 bits per heavy atom. The van der Waals surface area contributed by atoms with Gasteiger partial charge in [0.1, 0.15) is 16.9 Å². The van der Waals surface area contributed by atoms with Crippen molar-refractivity contribution in [1.82, 2.24) is 24.2 Å². The third-order valence-corrected chi connectivity index (χ3v) is 6.07. The van der Waals surface area contributed by atoms with Crippen LogP contribution in [-0.2, 0) is 0 Å². The van der Waals surface area contributed by atoms with Crippen LogP contribution >= 0.6 is 0 Å². The van der Waals surface area contributed by atoms with Gasteiger partial charge in [-0.25, -0.2) is 9.97 Å². The number of carbonyl (C=O) groups excluding carboxylic acids is 1. The van der Waals surface area contributed by atoms with Crippen molar-refractivity contribution in [1.29, 1.82) is 0 Å². The van der Waals surface area contributed by atoms with E-state index in [4.69, 9.17) is 4.42 Å². The Morgan fingerprint density at radius 2 is 1.77 bits per heavy atom. The molecule has 0 spiro atoms. The molecule has 3 aromatic heterocycles. The third kappa shape index (κ3) is 3.59. The van der Waals surface area contributed by atoms with Gasteiger partial charge in [0.15, 0.2) is 11.5 Å². The molecule has 7 heteroatoms. The first-order chi connectivity index (χ1) is 14.8. The van der Waals surface area contributed by atoms with Crippen molar-refractivity contribution < 1.29 is 9.21 Å². The van der Waals surface area contributed by atoms with Gasteiger partial charge in [0, 0.05) is 44.8 Å². The van der Waals surface area contributed by atoms with Crippen LogP contribution in [0.3, 0.4) is 0 Å². The lowest BCUT2D eigenvalue weighted by atomic mass is 10.0. The first-order valence-electron chi connectivity index (χ1n) is 10.7. The molecule has 1 aliphatic heterocycles. The van der Waals surface area contributed by atoms with Gasteiger partial charge in [-0.1, -0.05) is 6.07 Å². The van der Waals surface area contributed by atoms with E-state index in [0.29, 0.717) is 11.6 Å². The maximum absolute atomic E-state index is 13.3. The van der Waals surface area contributed by atoms with Gasteiger partial charge in [0.2, 0.25) is 0 Å². The number of hydrogen-bond donors (Lipinski definition) is 0. The molecule has 4 heterocycles. The molecule has 0 atom stereocenters. The Kier molecular flexibility index (Phi) is 4.59. The molecule has 31 heavy (non-hydrogen) atoms. The minimum absolute atomic E-state index is 0.0285. The molecule has 0 radical (unpaired) electrons. The number of amides is 1. The molecule has 5 rings (SSSR count). The van der Waals surface area contributed by atoms with Gasteiger partial charge in [-0.3, -0.25) is 14.1 Å². The van der Waals surface area contributed by atoms with Crippen molar-refractivity contribution in [3.05, 3.63) is 54.3 Å². The molecule has 7 nitrogen and oxygen atoms in total. The maximum atomic E-state index is 13.3. The van der Waals surface area contributed by atoms with Crippen LogP contribution in [0.2, 0.25) is 0 Å². The van der Waals surface area contributed by atoms with Crippen molar-refractivity contribution in [3.63, 3.8) is 0 Å². The predicted molar refractivity (Wildman–Crippen MR) is 120 cm³/mol. The quantitative estimate of drug-likeness (QED) is 0.493. The van der Waals surface area contributed by atoms with Crippen LogP contribution in [0, 0.1) is 6.92 Å². The summed E-state index contributed by atoms with van der Waals surface area (Å²) in [7, 11) is 0. The summed E-state index contributed by atoms with van der Waals surface area (Å²) in [5.74, 6) is 0.678. The molecule has 1 saturated heterocycles. The van der Waals surface area contributed by atoms with Gasteiger partial charge in [-0.15, -0.1) is 0 Å². The van der Waals surface area contributed by atoms with E-state index < -0.39 is 0 Å². The van der Waals surface area contributed by atoms with Gasteiger partial charge >= 0.3 is 0 Å². The number of piperazine rings is 1. The minimum Gasteiger partial charge on any atom is -0.441 e. The van der Waals surface area contributed by atoms with E-state index in [1.54, 1.807) is 6.20 Å². The number of nitrogens with zero attached hydrogens (tertiary/aromatic N) is 5. The number of fused-ring (bicyclic) bond motifs is 2. The second-order valence-electron chi connectivity index (χ2n) is 9.15. The molecule has 1 aromatic carbocycles. The molecular formula is C24H27N5O2. The zero-order valence-electron chi connectivity index (χ0n) is 18.4. The lowest BCUT2D eigenvalue weighted by molar-refractivity contribution is 0.0446. The molecule has 1 fully saturated rings. The van der Waals surface area contributed by atoms with E-state index in [1.165, 1.54) is 0 Å². The minimum atomic E-state index is 0.0285. The summed E-state index contributed by atoms with van der Waals surface area (Å²) in [6, 6.07) is 9.92. The van der Waals surface area contributed by atoms with Crippen LogP contribution in [0.15, 0.2) is 47.1 Å². The fourth-order valence-corrected chi connectivity index (χ4v) is 4.27. The van der Waals surface area contributed by atoms with E-state index in [2.05, 4.69) is 35.6 Å². The highest BCUT2D eigenvalue weighted by Crippen LogP contribution is 2.26. The Balaban J connectivity index is 1.44. The summed E-state index contributed by atoms with van der Waals surface area (Å²) in [5, 5.41) is 0. The molecule has 4 aromatic rings. The number of rotatable bonds is 2. The van der Waals surface area contributed by atoms with Crippen LogP contribution in [0.5, 0.6) is 0 Å². The van der Waals surface area contributed by atoms with E-state index in [-0.39, 0.29) is 11.4 Å². The van der Waals surface area contributed by atoms with Crippen LogP contribution in [0.1, 0.15) is 37.2 Å². The SMILES string of the molecule is Cc1nc2cc(-c3ccc4ncc(C(=O)N5CCN(C(C)(C)C)CC5)n4c3)ccc2o1. The molecule has 160 valence electrons. The molecule has 1 amide bonds. The average Bonchev–Trinajstić information content (AvgIpc) is 3.34. The Hall–Kier alpha value is -3.19. The number of pyridine rings is 1. The van der Waals surface area contributed by atoms with Gasteiger partial charge in [0.05, 0.1) is 6.20 Å². The Labute approximate surface area is 181 Å². The highest BCUT2D eigenvalue weighted by molar-refractivity contribution is 5.93. The Bertz CT molecular complexity index is 1270. The lowest BCUT2D eigenvalue weighted by Gasteiger charge is -2.42. The van der Waals surface area contributed by atoms with Crippen molar-refractivity contribution >= 4 is 22.7 Å². The fraction of sp³-hybridized carbons (Fsp3) is 0.375. The average molecular weight is 418 g/mol. The standard InChI is InChI=1S/C24H27N5O2/c1-16-26-19-13-17(5-7-21(19)31-16)18-6-8-22-25-14-20(29(22)15-18)23(30)27-9-11-28(12-10-27)24(2,3)4/h5-8,13-15H,9-12H2,1-4H3. The second-order valence-corrected chi connectivity index (χ2v) is 9.15. The summed E-state index contributed by atoms with van der Waals surface area (Å²) in [5.41, 5.74) is 5.10. The smallest absolute Gasteiger partial charge is 0.272 e. The van der Waals surface area contributed by atoms with Crippen LogP contribution < -0.4 is 0 Å². The number of aromatic nitrogens is 3. The van der Waals surface area contributed by atoms with Crippen LogP contribution in [0.25, 0.3) is 27.9 Å². The van der Waals surface area contributed by atoms with Crippen molar-refractivity contribution in [2.45, 2.75) is 33.2 Å². The normalized spacial score (nSPS) is 15.8. The Morgan fingerprint density at radius 1 is 1.03 bits per heavy atom. The van der Waals surface area contributed by atoms with Crippen LogP contribution in [0.4, 0.5) is 0 Å².